The van der Waals surface area contributed by atoms with Gasteiger partial charge in [0.1, 0.15) is 0 Å². The van der Waals surface area contributed by atoms with Crippen molar-refractivity contribution in [3.8, 4) is 0 Å². The topological polar surface area (TPSA) is 60.9 Å². The second kappa shape index (κ2) is 6.26. The Balaban J connectivity index is 2.39. The Labute approximate surface area is 125 Å². The van der Waals surface area contributed by atoms with Crippen molar-refractivity contribution in [3.63, 3.8) is 0 Å². The first-order chi connectivity index (χ1) is 9.91. The van der Waals surface area contributed by atoms with Crippen molar-refractivity contribution in [2.45, 2.75) is 20.3 Å². The fourth-order valence-corrected chi connectivity index (χ4v) is 2.77. The van der Waals surface area contributed by atoms with Crippen molar-refractivity contribution in [1.29, 1.82) is 0 Å². The third-order valence-electron chi connectivity index (χ3n) is 4.06. The first kappa shape index (κ1) is 15.5. The minimum atomic E-state index is -1.04. The van der Waals surface area contributed by atoms with Gasteiger partial charge in [0.15, 0.2) is 0 Å². The Kier molecular flexibility index (Phi) is 4.63. The molecule has 114 valence electrons. The SMILES string of the molecule is Cc1ccc(C)c(C(=O)N2CCCN(C)CC2)c1C(=O)O. The van der Waals surface area contributed by atoms with E-state index in [1.807, 2.05) is 13.1 Å². The first-order valence-electron chi connectivity index (χ1n) is 7.23. The van der Waals surface area contributed by atoms with E-state index in [1.54, 1.807) is 24.8 Å². The normalized spacial score (nSPS) is 16.6. The minimum Gasteiger partial charge on any atom is -0.478 e. The van der Waals surface area contributed by atoms with Gasteiger partial charge in [0.2, 0.25) is 0 Å². The van der Waals surface area contributed by atoms with Gasteiger partial charge >= 0.3 is 5.97 Å². The van der Waals surface area contributed by atoms with Gasteiger partial charge in [-0.3, -0.25) is 4.79 Å². The maximum Gasteiger partial charge on any atom is 0.336 e. The lowest BCUT2D eigenvalue weighted by Crippen LogP contribution is -2.36. The van der Waals surface area contributed by atoms with Crippen LogP contribution in [0.1, 0.15) is 38.3 Å². The van der Waals surface area contributed by atoms with Gasteiger partial charge in [0.05, 0.1) is 11.1 Å². The van der Waals surface area contributed by atoms with Gasteiger partial charge in [-0.05, 0) is 45.0 Å². The van der Waals surface area contributed by atoms with Crippen LogP contribution in [0.4, 0.5) is 0 Å². The summed E-state index contributed by atoms with van der Waals surface area (Å²) in [6.45, 7) is 6.62. The van der Waals surface area contributed by atoms with E-state index in [4.69, 9.17) is 0 Å². The van der Waals surface area contributed by atoms with E-state index in [2.05, 4.69) is 4.90 Å². The van der Waals surface area contributed by atoms with Crippen LogP contribution in [0.5, 0.6) is 0 Å². The molecule has 1 N–H and O–H groups in total. The van der Waals surface area contributed by atoms with Crippen LogP contribution in [0.2, 0.25) is 0 Å². The van der Waals surface area contributed by atoms with E-state index < -0.39 is 5.97 Å². The van der Waals surface area contributed by atoms with Crippen LogP contribution in [0.25, 0.3) is 0 Å². The number of nitrogens with zero attached hydrogens (tertiary/aromatic N) is 2. The van der Waals surface area contributed by atoms with Gasteiger partial charge in [-0.1, -0.05) is 12.1 Å². The lowest BCUT2D eigenvalue weighted by atomic mass is 9.96. The number of aromatic carboxylic acids is 1. The summed E-state index contributed by atoms with van der Waals surface area (Å²) in [5.41, 5.74) is 1.83. The van der Waals surface area contributed by atoms with Gasteiger partial charge in [0.25, 0.3) is 5.91 Å². The molecule has 1 saturated heterocycles. The second-order valence-corrected chi connectivity index (χ2v) is 5.70. The average molecular weight is 290 g/mol. The Morgan fingerprint density at radius 1 is 1.00 bits per heavy atom. The largest absolute Gasteiger partial charge is 0.478 e. The maximum absolute atomic E-state index is 12.8. The first-order valence-corrected chi connectivity index (χ1v) is 7.23. The highest BCUT2D eigenvalue weighted by atomic mass is 16.4. The summed E-state index contributed by atoms with van der Waals surface area (Å²) >= 11 is 0. The van der Waals surface area contributed by atoms with Crippen molar-refractivity contribution >= 4 is 11.9 Å². The highest BCUT2D eigenvalue weighted by Crippen LogP contribution is 2.21. The molecule has 0 bridgehead atoms. The van der Waals surface area contributed by atoms with E-state index in [1.165, 1.54) is 0 Å². The molecule has 1 heterocycles. The quantitative estimate of drug-likeness (QED) is 0.902. The Morgan fingerprint density at radius 2 is 1.62 bits per heavy atom. The molecule has 5 nitrogen and oxygen atoms in total. The molecule has 1 fully saturated rings. The summed E-state index contributed by atoms with van der Waals surface area (Å²) in [6.07, 6.45) is 0.912. The van der Waals surface area contributed by atoms with Gasteiger partial charge < -0.3 is 14.9 Å². The maximum atomic E-state index is 12.8. The number of carboxylic acid groups (broad SMARTS) is 1. The molecule has 1 aromatic rings. The lowest BCUT2D eigenvalue weighted by Gasteiger charge is -2.23. The third-order valence-corrected chi connectivity index (χ3v) is 4.06. The molecule has 1 aliphatic heterocycles. The summed E-state index contributed by atoms with van der Waals surface area (Å²) < 4.78 is 0. The Hall–Kier alpha value is -1.88. The number of hydrogen-bond acceptors (Lipinski definition) is 3. The zero-order valence-corrected chi connectivity index (χ0v) is 12.8. The average Bonchev–Trinajstić information content (AvgIpc) is 2.64. The monoisotopic (exact) mass is 290 g/mol. The molecule has 0 aliphatic carbocycles. The summed E-state index contributed by atoms with van der Waals surface area (Å²) in [4.78, 5) is 28.3. The fourth-order valence-electron chi connectivity index (χ4n) is 2.77. The number of benzene rings is 1. The van der Waals surface area contributed by atoms with Crippen LogP contribution in [0.3, 0.4) is 0 Å². The smallest absolute Gasteiger partial charge is 0.336 e. The molecule has 1 aromatic carbocycles. The van der Waals surface area contributed by atoms with Crippen LogP contribution in [-0.4, -0.2) is 60.0 Å². The molecule has 2 rings (SSSR count). The molecule has 5 heteroatoms. The number of likely N-dealkylation sites (N-methyl/N-ethyl adjacent to an activating group) is 1. The summed E-state index contributed by atoms with van der Waals surface area (Å²) in [7, 11) is 2.04. The minimum absolute atomic E-state index is 0.137. The molecule has 0 atom stereocenters. The fraction of sp³-hybridized carbons (Fsp3) is 0.500. The van der Waals surface area contributed by atoms with Crippen molar-refractivity contribution in [2.75, 3.05) is 33.2 Å². The van der Waals surface area contributed by atoms with E-state index in [0.717, 1.165) is 25.1 Å². The van der Waals surface area contributed by atoms with Crippen LogP contribution in [-0.2, 0) is 0 Å². The molecular weight excluding hydrogens is 268 g/mol. The molecule has 0 aromatic heterocycles. The predicted molar refractivity (Wildman–Crippen MR) is 80.9 cm³/mol. The van der Waals surface area contributed by atoms with Crippen LogP contribution in [0.15, 0.2) is 12.1 Å². The summed E-state index contributed by atoms with van der Waals surface area (Å²) in [6, 6.07) is 3.57. The molecular formula is C16H22N2O3. The molecule has 0 unspecified atom stereocenters. The number of carbonyl (C=O) groups excluding carboxylic acids is 1. The predicted octanol–water partition coefficient (Wildman–Crippen LogP) is 1.78. The molecule has 21 heavy (non-hydrogen) atoms. The zero-order chi connectivity index (χ0) is 15.6. The van der Waals surface area contributed by atoms with Crippen LogP contribution in [0, 0.1) is 13.8 Å². The molecule has 0 spiro atoms. The number of amides is 1. The summed E-state index contributed by atoms with van der Waals surface area (Å²) in [5.74, 6) is -1.20. The number of aryl methyl sites for hydroxylation is 2. The molecule has 1 aliphatic rings. The Bertz CT molecular complexity index is 569. The number of hydrogen-bond donors (Lipinski definition) is 1. The number of rotatable bonds is 2. The third kappa shape index (κ3) is 3.24. The van der Waals surface area contributed by atoms with E-state index >= 15 is 0 Å². The van der Waals surface area contributed by atoms with Gasteiger partial charge in [0, 0.05) is 19.6 Å². The second-order valence-electron chi connectivity index (χ2n) is 5.70. The van der Waals surface area contributed by atoms with Crippen molar-refractivity contribution in [1.82, 2.24) is 9.80 Å². The van der Waals surface area contributed by atoms with E-state index in [0.29, 0.717) is 24.2 Å². The highest BCUT2D eigenvalue weighted by Gasteiger charge is 2.26. The lowest BCUT2D eigenvalue weighted by molar-refractivity contribution is 0.0675. The zero-order valence-electron chi connectivity index (χ0n) is 12.8. The molecule has 0 saturated carbocycles. The number of carboxylic acids is 1. The summed E-state index contributed by atoms with van der Waals surface area (Å²) in [5, 5.41) is 9.44. The highest BCUT2D eigenvalue weighted by molar-refractivity contribution is 6.06. The van der Waals surface area contributed by atoms with Crippen LogP contribution >= 0.6 is 0 Å². The van der Waals surface area contributed by atoms with Gasteiger partial charge in [-0.2, -0.15) is 0 Å². The molecule has 1 amide bonds. The van der Waals surface area contributed by atoms with E-state index in [9.17, 15) is 14.7 Å². The van der Waals surface area contributed by atoms with Crippen molar-refractivity contribution < 1.29 is 14.7 Å². The van der Waals surface area contributed by atoms with E-state index in [-0.39, 0.29) is 11.5 Å². The van der Waals surface area contributed by atoms with Gasteiger partial charge in [-0.25, -0.2) is 4.79 Å². The standard InChI is InChI=1S/C16H22N2O3/c1-11-5-6-12(2)14(16(20)21)13(11)15(19)18-8-4-7-17(3)9-10-18/h5-6H,4,7-10H2,1-3H3,(H,20,21). The van der Waals surface area contributed by atoms with Crippen molar-refractivity contribution in [3.05, 3.63) is 34.4 Å². The molecule has 0 radical (unpaired) electrons. The van der Waals surface area contributed by atoms with Crippen LogP contribution < -0.4 is 0 Å². The van der Waals surface area contributed by atoms with Gasteiger partial charge in [-0.15, -0.1) is 0 Å². The van der Waals surface area contributed by atoms with Crippen molar-refractivity contribution in [2.24, 2.45) is 0 Å². The number of carbonyl (C=O) groups is 2. The Morgan fingerprint density at radius 3 is 2.24 bits per heavy atom.